The van der Waals surface area contributed by atoms with E-state index in [1.54, 1.807) is 17.7 Å². The number of thiophene rings is 1. The smallest absolute Gasteiger partial charge is 0.143 e. The molecule has 2 heterocycles. The maximum absolute atomic E-state index is 4.53. The van der Waals surface area contributed by atoms with E-state index >= 15 is 0 Å². The minimum absolute atomic E-state index is 0.840. The molecule has 1 N–H and O–H groups in total. The Morgan fingerprint density at radius 2 is 1.70 bits per heavy atom. The summed E-state index contributed by atoms with van der Waals surface area (Å²) in [5.74, 6) is 0.840. The Labute approximate surface area is 163 Å². The number of nitrogens with one attached hydrogen (secondary N) is 1. The van der Waals surface area contributed by atoms with Crippen LogP contribution in [0.5, 0.6) is 0 Å². The predicted octanol–water partition coefficient (Wildman–Crippen LogP) is 5.78. The van der Waals surface area contributed by atoms with Gasteiger partial charge < -0.3 is 10.2 Å². The predicted molar refractivity (Wildman–Crippen MR) is 116 cm³/mol. The molecule has 0 spiro atoms. The summed E-state index contributed by atoms with van der Waals surface area (Å²) in [7, 11) is 4.08. The normalized spacial score (nSPS) is 11.0. The molecule has 0 unspecified atom stereocenters. The SMILES string of the molecule is Cc1ccc(-c2csc3ncnc(Nc4ccc(N(C)C)cc4)c23)cc1C. The van der Waals surface area contributed by atoms with Crippen molar-refractivity contribution >= 4 is 38.7 Å². The van der Waals surface area contributed by atoms with E-state index in [9.17, 15) is 0 Å². The van der Waals surface area contributed by atoms with Gasteiger partial charge in [-0.3, -0.25) is 0 Å². The largest absolute Gasteiger partial charge is 0.378 e. The van der Waals surface area contributed by atoms with Crippen LogP contribution in [0.3, 0.4) is 0 Å². The van der Waals surface area contributed by atoms with Gasteiger partial charge >= 0.3 is 0 Å². The average Bonchev–Trinajstić information content (AvgIpc) is 3.10. The highest BCUT2D eigenvalue weighted by molar-refractivity contribution is 7.17. The summed E-state index contributed by atoms with van der Waals surface area (Å²) >= 11 is 1.65. The lowest BCUT2D eigenvalue weighted by molar-refractivity contribution is 1.13. The highest BCUT2D eigenvalue weighted by Gasteiger charge is 2.14. The molecule has 0 aliphatic heterocycles. The first-order valence-corrected chi connectivity index (χ1v) is 9.75. The van der Waals surface area contributed by atoms with E-state index in [2.05, 4.69) is 81.9 Å². The number of rotatable bonds is 4. The molecule has 0 atom stereocenters. The zero-order valence-electron chi connectivity index (χ0n) is 15.9. The van der Waals surface area contributed by atoms with Crippen LogP contribution >= 0.6 is 11.3 Å². The van der Waals surface area contributed by atoms with Crippen LogP contribution in [0.2, 0.25) is 0 Å². The molecule has 0 radical (unpaired) electrons. The summed E-state index contributed by atoms with van der Waals surface area (Å²) in [4.78, 5) is 12.1. The second-order valence-electron chi connectivity index (χ2n) is 6.92. The van der Waals surface area contributed by atoms with Gasteiger partial charge in [0.25, 0.3) is 0 Å². The van der Waals surface area contributed by atoms with Gasteiger partial charge in [0.05, 0.1) is 5.39 Å². The van der Waals surface area contributed by atoms with Gasteiger partial charge in [0.15, 0.2) is 0 Å². The van der Waals surface area contributed by atoms with Crippen LogP contribution in [-0.4, -0.2) is 24.1 Å². The van der Waals surface area contributed by atoms with Crippen molar-refractivity contribution in [1.29, 1.82) is 0 Å². The van der Waals surface area contributed by atoms with Crippen LogP contribution < -0.4 is 10.2 Å². The second-order valence-corrected chi connectivity index (χ2v) is 7.78. The number of aryl methyl sites for hydroxylation is 2. The van der Waals surface area contributed by atoms with Crippen LogP contribution in [0.15, 0.2) is 54.2 Å². The van der Waals surface area contributed by atoms with Crippen LogP contribution in [0.4, 0.5) is 17.2 Å². The fourth-order valence-electron chi connectivity index (χ4n) is 3.07. The maximum atomic E-state index is 4.53. The number of anilines is 3. The zero-order valence-corrected chi connectivity index (χ0v) is 16.8. The van der Waals surface area contributed by atoms with Crippen molar-refractivity contribution < 1.29 is 0 Å². The molecule has 2 aromatic carbocycles. The standard InChI is InChI=1S/C22H22N4S/c1-14-5-6-16(11-15(14)2)19-12-27-22-20(19)21(23-13-24-22)25-17-7-9-18(10-8-17)26(3)4/h5-13H,1-4H3,(H,23,24,25). The monoisotopic (exact) mass is 374 g/mol. The molecule has 0 bridgehead atoms. The van der Waals surface area contributed by atoms with E-state index in [1.165, 1.54) is 27.9 Å². The topological polar surface area (TPSA) is 41.1 Å². The number of benzene rings is 2. The molecular formula is C22H22N4S. The summed E-state index contributed by atoms with van der Waals surface area (Å²) in [6.07, 6.45) is 1.62. The van der Waals surface area contributed by atoms with Gasteiger partial charge in [-0.25, -0.2) is 9.97 Å². The van der Waals surface area contributed by atoms with Crippen molar-refractivity contribution in [2.45, 2.75) is 13.8 Å². The van der Waals surface area contributed by atoms with Gasteiger partial charge in [-0.15, -0.1) is 11.3 Å². The molecule has 0 fully saturated rings. The zero-order chi connectivity index (χ0) is 19.0. The molecule has 0 saturated carbocycles. The van der Waals surface area contributed by atoms with E-state index in [4.69, 9.17) is 0 Å². The van der Waals surface area contributed by atoms with Crippen LogP contribution in [0.1, 0.15) is 11.1 Å². The van der Waals surface area contributed by atoms with Crippen molar-refractivity contribution in [3.05, 3.63) is 65.3 Å². The van der Waals surface area contributed by atoms with Crippen molar-refractivity contribution in [3.63, 3.8) is 0 Å². The van der Waals surface area contributed by atoms with Gasteiger partial charge in [0.1, 0.15) is 17.0 Å². The first kappa shape index (κ1) is 17.5. The number of nitrogens with zero attached hydrogens (tertiary/aromatic N) is 3. The Morgan fingerprint density at radius 1 is 0.926 bits per heavy atom. The Balaban J connectivity index is 1.77. The van der Waals surface area contributed by atoms with E-state index in [0.717, 1.165) is 21.7 Å². The van der Waals surface area contributed by atoms with Crippen molar-refractivity contribution in [3.8, 4) is 11.1 Å². The number of aromatic nitrogens is 2. The Bertz CT molecular complexity index is 1100. The lowest BCUT2D eigenvalue weighted by Crippen LogP contribution is -2.08. The van der Waals surface area contributed by atoms with Gasteiger partial charge in [-0.1, -0.05) is 18.2 Å². The van der Waals surface area contributed by atoms with Gasteiger partial charge in [0.2, 0.25) is 0 Å². The fraction of sp³-hybridized carbons (Fsp3) is 0.182. The quantitative estimate of drug-likeness (QED) is 0.491. The third-order valence-electron chi connectivity index (χ3n) is 4.83. The Hall–Kier alpha value is -2.92. The second kappa shape index (κ2) is 7.00. The average molecular weight is 375 g/mol. The van der Waals surface area contributed by atoms with Crippen LogP contribution in [0, 0.1) is 13.8 Å². The van der Waals surface area contributed by atoms with E-state index in [-0.39, 0.29) is 0 Å². The van der Waals surface area contributed by atoms with Crippen molar-refractivity contribution in [1.82, 2.24) is 9.97 Å². The minimum Gasteiger partial charge on any atom is -0.378 e. The molecule has 2 aromatic heterocycles. The molecule has 136 valence electrons. The Morgan fingerprint density at radius 3 is 2.41 bits per heavy atom. The van der Waals surface area contributed by atoms with Crippen molar-refractivity contribution in [2.24, 2.45) is 0 Å². The maximum Gasteiger partial charge on any atom is 0.143 e. The lowest BCUT2D eigenvalue weighted by Gasteiger charge is -2.13. The number of fused-ring (bicyclic) bond motifs is 1. The summed E-state index contributed by atoms with van der Waals surface area (Å²) < 4.78 is 0. The summed E-state index contributed by atoms with van der Waals surface area (Å²) in [5.41, 5.74) is 7.14. The molecule has 4 rings (SSSR count). The molecular weight excluding hydrogens is 352 g/mol. The van der Waals surface area contributed by atoms with Gasteiger partial charge in [0, 0.05) is 36.4 Å². The van der Waals surface area contributed by atoms with Crippen molar-refractivity contribution in [2.75, 3.05) is 24.3 Å². The van der Waals surface area contributed by atoms with Crippen LogP contribution in [0.25, 0.3) is 21.3 Å². The fourth-order valence-corrected chi connectivity index (χ4v) is 3.99. The third-order valence-corrected chi connectivity index (χ3v) is 5.72. The Kier molecular flexibility index (Phi) is 4.54. The summed E-state index contributed by atoms with van der Waals surface area (Å²) in [6, 6.07) is 14.9. The van der Waals surface area contributed by atoms with Gasteiger partial charge in [-0.2, -0.15) is 0 Å². The number of hydrogen-bond donors (Lipinski definition) is 1. The first-order chi connectivity index (χ1) is 13.0. The minimum atomic E-state index is 0.840. The van der Waals surface area contributed by atoms with Crippen LogP contribution in [-0.2, 0) is 0 Å². The molecule has 4 aromatic rings. The molecule has 0 aliphatic rings. The molecule has 0 saturated heterocycles. The highest BCUT2D eigenvalue weighted by Crippen LogP contribution is 2.38. The highest BCUT2D eigenvalue weighted by atomic mass is 32.1. The third kappa shape index (κ3) is 3.38. The molecule has 5 heteroatoms. The summed E-state index contributed by atoms with van der Waals surface area (Å²) in [5, 5.41) is 6.71. The number of hydrogen-bond acceptors (Lipinski definition) is 5. The molecule has 0 aliphatic carbocycles. The van der Waals surface area contributed by atoms with E-state index in [1.807, 2.05) is 14.1 Å². The lowest BCUT2D eigenvalue weighted by atomic mass is 10.0. The molecule has 27 heavy (non-hydrogen) atoms. The molecule has 0 amide bonds. The van der Waals surface area contributed by atoms with Gasteiger partial charge in [-0.05, 0) is 54.8 Å². The molecule has 4 nitrogen and oxygen atoms in total. The summed E-state index contributed by atoms with van der Waals surface area (Å²) in [6.45, 7) is 4.29. The van der Waals surface area contributed by atoms with E-state index < -0.39 is 0 Å². The first-order valence-electron chi connectivity index (χ1n) is 8.87. The van der Waals surface area contributed by atoms with E-state index in [0.29, 0.717) is 0 Å².